The van der Waals surface area contributed by atoms with E-state index < -0.39 is 0 Å². The van der Waals surface area contributed by atoms with Gasteiger partial charge in [-0.25, -0.2) is 0 Å². The molecule has 0 saturated heterocycles. The molecule has 1 heteroatoms. The van der Waals surface area contributed by atoms with E-state index in [4.69, 9.17) is 6.42 Å². The van der Waals surface area contributed by atoms with E-state index in [9.17, 15) is 0 Å². The second kappa shape index (κ2) is 10.4. The molecule has 0 amide bonds. The van der Waals surface area contributed by atoms with Crippen molar-refractivity contribution in [2.24, 2.45) is 11.8 Å². The highest BCUT2D eigenvalue weighted by atomic mass is 32.2. The maximum atomic E-state index is 5.18. The van der Waals surface area contributed by atoms with Gasteiger partial charge in [0.05, 0.1) is 0 Å². The van der Waals surface area contributed by atoms with Gasteiger partial charge in [-0.2, -0.15) is 0 Å². The zero-order valence-electron chi connectivity index (χ0n) is 13.1. The Morgan fingerprint density at radius 3 is 2.15 bits per heavy atom. The lowest BCUT2D eigenvalue weighted by atomic mass is 10.2. The molecule has 0 bridgehead atoms. The average Bonchev–Trinajstić information content (AvgIpc) is 3.30. The third kappa shape index (κ3) is 6.68. The van der Waals surface area contributed by atoms with Crippen LogP contribution in [0.2, 0.25) is 0 Å². The van der Waals surface area contributed by atoms with Crippen molar-refractivity contribution < 1.29 is 0 Å². The molecule has 0 radical (unpaired) electrons. The topological polar surface area (TPSA) is 0 Å². The number of allylic oxidation sites excluding steroid dienone is 2. The lowest BCUT2D eigenvalue weighted by molar-refractivity contribution is 0.931. The molecule has 0 aliphatic heterocycles. The van der Waals surface area contributed by atoms with E-state index in [1.165, 1.54) is 16.9 Å². The van der Waals surface area contributed by atoms with Gasteiger partial charge in [0.1, 0.15) is 0 Å². The fraction of sp³-hybridized carbons (Fsp3) is 0.368. The number of benzene rings is 1. The van der Waals surface area contributed by atoms with Gasteiger partial charge in [-0.3, -0.25) is 0 Å². The second-order valence-electron chi connectivity index (χ2n) is 4.46. The van der Waals surface area contributed by atoms with Crippen molar-refractivity contribution >= 4 is 11.8 Å². The third-order valence-electron chi connectivity index (χ3n) is 3.03. The summed E-state index contributed by atoms with van der Waals surface area (Å²) in [5.74, 6) is 4.10. The first kappa shape index (κ1) is 18.6. The molecule has 0 spiro atoms. The van der Waals surface area contributed by atoms with Crippen LogP contribution in [0.4, 0.5) is 0 Å². The Morgan fingerprint density at radius 1 is 1.35 bits per heavy atom. The average molecular weight is 286 g/mol. The Balaban J connectivity index is 0.000000327. The predicted molar refractivity (Wildman–Crippen MR) is 94.1 cm³/mol. The standard InChI is InChI=1S/C9H8S.C8H12.C2H6/c1-3-8-4-6-9(10-2)7-5-8;1-4-7-5-8(7)6(2)3;1-2/h1,4-7H,2H3;4,7-8H,1-2,5H2,3H3;1-2H3. The first-order valence-corrected chi connectivity index (χ1v) is 8.23. The van der Waals surface area contributed by atoms with Crippen molar-refractivity contribution in [1.29, 1.82) is 0 Å². The van der Waals surface area contributed by atoms with Gasteiger partial charge in [-0.05, 0) is 55.7 Å². The number of thioether (sulfide) groups is 1. The largest absolute Gasteiger partial charge is 0.130 e. The molecule has 1 aliphatic rings. The van der Waals surface area contributed by atoms with Crippen LogP contribution in [-0.2, 0) is 0 Å². The SMILES string of the molecule is C#Cc1ccc(SC)cc1.C=CC1CC1C(=C)C.CC. The van der Waals surface area contributed by atoms with Gasteiger partial charge in [-0.1, -0.05) is 38.0 Å². The molecule has 1 fully saturated rings. The highest BCUT2D eigenvalue weighted by Gasteiger charge is 2.34. The first-order chi connectivity index (χ1) is 9.62. The zero-order valence-corrected chi connectivity index (χ0v) is 14.0. The summed E-state index contributed by atoms with van der Waals surface area (Å²) in [5.41, 5.74) is 2.26. The van der Waals surface area contributed by atoms with Crippen molar-refractivity contribution in [3.05, 3.63) is 54.6 Å². The molecule has 2 rings (SSSR count). The lowest BCUT2D eigenvalue weighted by Crippen LogP contribution is -1.76. The molecule has 1 aliphatic carbocycles. The minimum Gasteiger partial charge on any atom is -0.130 e. The molecular weight excluding hydrogens is 260 g/mol. The van der Waals surface area contributed by atoms with Crippen LogP contribution in [0.15, 0.2) is 54.0 Å². The van der Waals surface area contributed by atoms with E-state index in [-0.39, 0.29) is 0 Å². The molecule has 108 valence electrons. The minimum atomic E-state index is 0.757. The zero-order chi connectivity index (χ0) is 15.5. The molecule has 0 aromatic heterocycles. The summed E-state index contributed by atoms with van der Waals surface area (Å²) in [5, 5.41) is 0. The summed E-state index contributed by atoms with van der Waals surface area (Å²) in [6.07, 6.45) is 10.5. The van der Waals surface area contributed by atoms with Crippen molar-refractivity contribution in [3.8, 4) is 12.3 Å². The normalized spacial score (nSPS) is 18.4. The van der Waals surface area contributed by atoms with Crippen LogP contribution in [0.5, 0.6) is 0 Å². The van der Waals surface area contributed by atoms with Gasteiger partial charge in [0.15, 0.2) is 0 Å². The van der Waals surface area contributed by atoms with Crippen LogP contribution in [0.3, 0.4) is 0 Å². The third-order valence-corrected chi connectivity index (χ3v) is 3.78. The minimum absolute atomic E-state index is 0.757. The molecule has 0 heterocycles. The van der Waals surface area contributed by atoms with Crippen LogP contribution >= 0.6 is 11.8 Å². The first-order valence-electron chi connectivity index (χ1n) is 7.01. The van der Waals surface area contributed by atoms with Crippen molar-refractivity contribution in [1.82, 2.24) is 0 Å². The van der Waals surface area contributed by atoms with E-state index >= 15 is 0 Å². The molecule has 1 aromatic rings. The van der Waals surface area contributed by atoms with Gasteiger partial charge < -0.3 is 0 Å². The van der Waals surface area contributed by atoms with E-state index in [0.717, 1.165) is 17.4 Å². The summed E-state index contributed by atoms with van der Waals surface area (Å²) in [7, 11) is 0. The smallest absolute Gasteiger partial charge is 0.0243 e. The fourth-order valence-corrected chi connectivity index (χ4v) is 2.14. The van der Waals surface area contributed by atoms with Crippen molar-refractivity contribution in [2.75, 3.05) is 6.26 Å². The number of hydrogen-bond acceptors (Lipinski definition) is 1. The van der Waals surface area contributed by atoms with Crippen LogP contribution < -0.4 is 0 Å². The monoisotopic (exact) mass is 286 g/mol. The van der Waals surface area contributed by atoms with Crippen LogP contribution in [-0.4, -0.2) is 6.26 Å². The number of rotatable bonds is 3. The maximum Gasteiger partial charge on any atom is 0.0243 e. The summed E-state index contributed by atoms with van der Waals surface area (Å²) < 4.78 is 0. The van der Waals surface area contributed by atoms with Crippen molar-refractivity contribution in [3.63, 3.8) is 0 Å². The van der Waals surface area contributed by atoms with Crippen LogP contribution in [0, 0.1) is 24.2 Å². The van der Waals surface area contributed by atoms with E-state index in [1.54, 1.807) is 11.8 Å². The summed E-state index contributed by atoms with van der Waals surface area (Å²) in [4.78, 5) is 1.25. The lowest BCUT2D eigenvalue weighted by Gasteiger charge is -1.93. The number of terminal acetylenes is 1. The second-order valence-corrected chi connectivity index (χ2v) is 5.34. The highest BCUT2D eigenvalue weighted by molar-refractivity contribution is 7.98. The molecule has 1 saturated carbocycles. The van der Waals surface area contributed by atoms with Gasteiger partial charge in [0.2, 0.25) is 0 Å². The highest BCUT2D eigenvalue weighted by Crippen LogP contribution is 2.43. The summed E-state index contributed by atoms with van der Waals surface area (Å²) in [6.45, 7) is 13.7. The molecule has 2 atom stereocenters. The molecular formula is C19H26S. The molecule has 2 unspecified atom stereocenters. The van der Waals surface area contributed by atoms with Gasteiger partial charge in [-0.15, -0.1) is 24.8 Å². The Morgan fingerprint density at radius 2 is 1.90 bits per heavy atom. The van der Waals surface area contributed by atoms with Gasteiger partial charge in [0, 0.05) is 10.5 Å². The van der Waals surface area contributed by atoms with Crippen molar-refractivity contribution in [2.45, 2.75) is 32.1 Å². The Bertz CT molecular complexity index is 448. The van der Waals surface area contributed by atoms with E-state index in [2.05, 4.69) is 26.0 Å². The Labute approximate surface area is 129 Å². The molecule has 1 aromatic carbocycles. The van der Waals surface area contributed by atoms with E-state index in [1.807, 2.05) is 50.4 Å². The summed E-state index contributed by atoms with van der Waals surface area (Å²) in [6, 6.07) is 7.96. The molecule has 0 nitrogen and oxygen atoms in total. The Kier molecular flexibility index (Phi) is 9.68. The van der Waals surface area contributed by atoms with E-state index in [0.29, 0.717) is 0 Å². The van der Waals surface area contributed by atoms with Crippen LogP contribution in [0.1, 0.15) is 32.8 Å². The van der Waals surface area contributed by atoms with Gasteiger partial charge in [0.25, 0.3) is 0 Å². The fourth-order valence-electron chi connectivity index (χ4n) is 1.73. The maximum absolute atomic E-state index is 5.18. The number of hydrogen-bond donors (Lipinski definition) is 0. The van der Waals surface area contributed by atoms with Crippen LogP contribution in [0.25, 0.3) is 0 Å². The molecule has 0 N–H and O–H groups in total. The predicted octanol–water partition coefficient (Wildman–Crippen LogP) is 5.80. The molecule has 20 heavy (non-hydrogen) atoms. The summed E-state index contributed by atoms with van der Waals surface area (Å²) >= 11 is 1.72. The quantitative estimate of drug-likeness (QED) is 0.384. The Hall–Kier alpha value is -1.39. The van der Waals surface area contributed by atoms with Gasteiger partial charge >= 0.3 is 0 Å².